The van der Waals surface area contributed by atoms with Crippen molar-refractivity contribution in [1.82, 2.24) is 9.78 Å². The minimum Gasteiger partial charge on any atom is -0.328 e. The highest BCUT2D eigenvalue weighted by atomic mass is 15.2. The summed E-state index contributed by atoms with van der Waals surface area (Å²) in [5.74, 6) is 1.52. The summed E-state index contributed by atoms with van der Waals surface area (Å²) in [6.07, 6.45) is 6.74. The molecule has 0 aromatic carbocycles. The normalized spacial score (nSPS) is 31.8. The lowest BCUT2D eigenvalue weighted by molar-refractivity contribution is 0.230. The second-order valence-electron chi connectivity index (χ2n) is 5.00. The van der Waals surface area contributed by atoms with Crippen LogP contribution in [0.5, 0.6) is 0 Å². The summed E-state index contributed by atoms with van der Waals surface area (Å²) in [7, 11) is 1.97. The molecule has 1 heterocycles. The van der Waals surface area contributed by atoms with Crippen molar-refractivity contribution >= 4 is 0 Å². The van der Waals surface area contributed by atoms with Crippen molar-refractivity contribution in [3.05, 3.63) is 18.0 Å². The summed E-state index contributed by atoms with van der Waals surface area (Å²) in [6.45, 7) is 2.35. The molecule has 0 aliphatic heterocycles. The fourth-order valence-corrected chi connectivity index (χ4v) is 2.58. The molecule has 15 heavy (non-hydrogen) atoms. The van der Waals surface area contributed by atoms with Crippen molar-refractivity contribution < 1.29 is 0 Å². The van der Waals surface area contributed by atoms with Crippen molar-refractivity contribution in [2.45, 2.75) is 38.6 Å². The van der Waals surface area contributed by atoms with Gasteiger partial charge in [0.25, 0.3) is 0 Å². The van der Waals surface area contributed by atoms with Crippen LogP contribution in [0.25, 0.3) is 0 Å². The van der Waals surface area contributed by atoms with E-state index in [1.807, 2.05) is 17.9 Å². The molecular weight excluding hydrogens is 186 g/mol. The molecule has 1 aliphatic carbocycles. The number of rotatable bonds is 2. The van der Waals surface area contributed by atoms with Crippen molar-refractivity contribution in [2.24, 2.45) is 24.6 Å². The molecule has 1 fully saturated rings. The van der Waals surface area contributed by atoms with Crippen LogP contribution < -0.4 is 5.73 Å². The van der Waals surface area contributed by atoms with Crippen LogP contribution in [0.2, 0.25) is 0 Å². The lowest BCUT2D eigenvalue weighted by atomic mass is 9.76. The highest BCUT2D eigenvalue weighted by Crippen LogP contribution is 2.31. The predicted molar refractivity (Wildman–Crippen MR) is 61.4 cm³/mol. The van der Waals surface area contributed by atoms with Crippen LogP contribution in [0.15, 0.2) is 12.3 Å². The molecule has 1 aromatic heterocycles. The molecule has 84 valence electrons. The molecular formula is C12H21N3. The predicted octanol–water partition coefficient (Wildman–Crippen LogP) is 1.73. The zero-order valence-electron chi connectivity index (χ0n) is 9.69. The summed E-state index contributed by atoms with van der Waals surface area (Å²) in [5.41, 5.74) is 7.23. The van der Waals surface area contributed by atoms with E-state index in [1.165, 1.54) is 18.5 Å². The fraction of sp³-hybridized carbons (Fsp3) is 0.750. The second kappa shape index (κ2) is 4.35. The van der Waals surface area contributed by atoms with Gasteiger partial charge in [0.1, 0.15) is 0 Å². The average molecular weight is 207 g/mol. The third kappa shape index (κ3) is 2.59. The Morgan fingerprint density at radius 2 is 2.33 bits per heavy atom. The summed E-state index contributed by atoms with van der Waals surface area (Å²) >= 11 is 0. The van der Waals surface area contributed by atoms with Gasteiger partial charge in [-0.3, -0.25) is 4.68 Å². The Morgan fingerprint density at radius 1 is 1.53 bits per heavy atom. The van der Waals surface area contributed by atoms with E-state index in [0.717, 1.165) is 24.7 Å². The maximum absolute atomic E-state index is 6.02. The van der Waals surface area contributed by atoms with Gasteiger partial charge in [0.2, 0.25) is 0 Å². The monoisotopic (exact) mass is 207 g/mol. The first kappa shape index (κ1) is 10.7. The first-order chi connectivity index (χ1) is 7.15. The van der Waals surface area contributed by atoms with E-state index in [9.17, 15) is 0 Å². The lowest BCUT2D eigenvalue weighted by Gasteiger charge is -2.32. The van der Waals surface area contributed by atoms with Gasteiger partial charge in [0.05, 0.1) is 5.69 Å². The van der Waals surface area contributed by atoms with Gasteiger partial charge in [-0.05, 0) is 43.6 Å². The van der Waals surface area contributed by atoms with E-state index in [0.29, 0.717) is 6.04 Å². The van der Waals surface area contributed by atoms with Crippen molar-refractivity contribution in [1.29, 1.82) is 0 Å². The second-order valence-corrected chi connectivity index (χ2v) is 5.00. The number of hydrogen-bond donors (Lipinski definition) is 1. The number of hydrogen-bond acceptors (Lipinski definition) is 2. The molecule has 3 atom stereocenters. The van der Waals surface area contributed by atoms with Crippen LogP contribution in [0.4, 0.5) is 0 Å². The highest BCUT2D eigenvalue weighted by Gasteiger charge is 2.26. The zero-order valence-corrected chi connectivity index (χ0v) is 9.69. The number of nitrogens with zero attached hydrogens (tertiary/aromatic N) is 2. The van der Waals surface area contributed by atoms with E-state index in [-0.39, 0.29) is 0 Å². The van der Waals surface area contributed by atoms with Crippen molar-refractivity contribution in [3.63, 3.8) is 0 Å². The smallest absolute Gasteiger partial charge is 0.0627 e. The summed E-state index contributed by atoms with van der Waals surface area (Å²) in [6, 6.07) is 2.53. The van der Waals surface area contributed by atoms with Crippen LogP contribution in [-0.2, 0) is 13.5 Å². The molecule has 0 saturated heterocycles. The maximum atomic E-state index is 6.02. The molecule has 3 nitrogen and oxygen atoms in total. The fourth-order valence-electron chi connectivity index (χ4n) is 2.58. The van der Waals surface area contributed by atoms with Gasteiger partial charge in [-0.15, -0.1) is 0 Å². The van der Waals surface area contributed by atoms with E-state index in [1.54, 1.807) is 0 Å². The van der Waals surface area contributed by atoms with E-state index < -0.39 is 0 Å². The Hall–Kier alpha value is -0.830. The number of nitrogens with two attached hydrogens (primary N) is 1. The number of aryl methyl sites for hydroxylation is 1. The molecule has 0 radical (unpaired) electrons. The van der Waals surface area contributed by atoms with Gasteiger partial charge in [0, 0.05) is 19.3 Å². The van der Waals surface area contributed by atoms with Crippen molar-refractivity contribution in [2.75, 3.05) is 0 Å². The van der Waals surface area contributed by atoms with Crippen LogP contribution in [-0.4, -0.2) is 15.8 Å². The molecule has 1 aromatic rings. The molecule has 3 heteroatoms. The van der Waals surface area contributed by atoms with Crippen LogP contribution >= 0.6 is 0 Å². The van der Waals surface area contributed by atoms with Gasteiger partial charge < -0.3 is 5.73 Å². The highest BCUT2D eigenvalue weighted by molar-refractivity contribution is 5.01. The average Bonchev–Trinajstić information content (AvgIpc) is 2.58. The van der Waals surface area contributed by atoms with Crippen molar-refractivity contribution in [3.8, 4) is 0 Å². The Bertz CT molecular complexity index is 318. The minimum atomic E-state index is 0.412. The zero-order chi connectivity index (χ0) is 10.8. The lowest BCUT2D eigenvalue weighted by Crippen LogP contribution is -2.33. The molecule has 3 unspecified atom stereocenters. The Labute approximate surface area is 91.7 Å². The molecule has 0 amide bonds. The molecule has 0 bridgehead atoms. The maximum Gasteiger partial charge on any atom is 0.0627 e. The third-order valence-electron chi connectivity index (χ3n) is 3.64. The third-order valence-corrected chi connectivity index (χ3v) is 3.64. The quantitative estimate of drug-likeness (QED) is 0.802. The molecule has 2 rings (SSSR count). The van der Waals surface area contributed by atoms with Gasteiger partial charge in [-0.25, -0.2) is 0 Å². The van der Waals surface area contributed by atoms with E-state index >= 15 is 0 Å². The molecule has 2 N–H and O–H groups in total. The summed E-state index contributed by atoms with van der Waals surface area (Å²) in [5, 5.41) is 4.44. The first-order valence-corrected chi connectivity index (χ1v) is 5.89. The Kier molecular flexibility index (Phi) is 3.10. The van der Waals surface area contributed by atoms with Crippen LogP contribution in [0.1, 0.15) is 31.9 Å². The standard InChI is InChI=1S/C12H21N3/c1-9-3-4-11(13)7-10(9)8-12-5-6-15(2)14-12/h5-6,9-11H,3-4,7-8,13H2,1-2H3. The molecule has 0 spiro atoms. The van der Waals surface area contributed by atoms with Gasteiger partial charge in [-0.1, -0.05) is 6.92 Å². The number of aromatic nitrogens is 2. The first-order valence-electron chi connectivity index (χ1n) is 5.89. The Balaban J connectivity index is 1.98. The van der Waals surface area contributed by atoms with Gasteiger partial charge in [-0.2, -0.15) is 5.10 Å². The minimum absolute atomic E-state index is 0.412. The molecule has 1 saturated carbocycles. The van der Waals surface area contributed by atoms with Crippen LogP contribution in [0, 0.1) is 11.8 Å². The van der Waals surface area contributed by atoms with E-state index in [4.69, 9.17) is 5.73 Å². The van der Waals surface area contributed by atoms with Crippen LogP contribution in [0.3, 0.4) is 0 Å². The largest absolute Gasteiger partial charge is 0.328 e. The SMILES string of the molecule is CC1CCC(N)CC1Cc1ccn(C)n1. The summed E-state index contributed by atoms with van der Waals surface area (Å²) in [4.78, 5) is 0. The topological polar surface area (TPSA) is 43.8 Å². The Morgan fingerprint density at radius 3 is 3.00 bits per heavy atom. The van der Waals surface area contributed by atoms with E-state index in [2.05, 4.69) is 18.1 Å². The van der Waals surface area contributed by atoms with Gasteiger partial charge in [0.15, 0.2) is 0 Å². The summed E-state index contributed by atoms with van der Waals surface area (Å²) < 4.78 is 1.88. The molecule has 1 aliphatic rings. The van der Waals surface area contributed by atoms with Gasteiger partial charge >= 0.3 is 0 Å².